The van der Waals surface area contributed by atoms with Crippen molar-refractivity contribution in [2.45, 2.75) is 84.0 Å². The van der Waals surface area contributed by atoms with Gasteiger partial charge in [-0.2, -0.15) is 0 Å². The average molecular weight is 335 g/mol. The number of hydrogen-bond donors (Lipinski definition) is 0. The van der Waals surface area contributed by atoms with Crippen molar-refractivity contribution in [3.63, 3.8) is 0 Å². The molecule has 0 spiro atoms. The maximum atomic E-state index is 11.8. The van der Waals surface area contributed by atoms with E-state index < -0.39 is 0 Å². The molecule has 0 aromatic heterocycles. The SMILES string of the molecule is CCCCCC/C=C/C1CC(=O)C/C1=C\CCCCCC(=O)OC. The first kappa shape index (κ1) is 20.7. The molecule has 1 aliphatic rings. The Morgan fingerprint density at radius 3 is 2.62 bits per heavy atom. The van der Waals surface area contributed by atoms with Gasteiger partial charge in [-0.05, 0) is 32.1 Å². The number of rotatable bonds is 12. The number of hydrogen-bond acceptors (Lipinski definition) is 3. The summed E-state index contributed by atoms with van der Waals surface area (Å²) in [5.41, 5.74) is 1.30. The lowest BCUT2D eigenvalue weighted by Gasteiger charge is -2.06. The van der Waals surface area contributed by atoms with E-state index in [-0.39, 0.29) is 5.97 Å². The summed E-state index contributed by atoms with van der Waals surface area (Å²) in [7, 11) is 1.43. The summed E-state index contributed by atoms with van der Waals surface area (Å²) in [6.45, 7) is 2.23. The zero-order valence-electron chi connectivity index (χ0n) is 15.5. The zero-order chi connectivity index (χ0) is 17.6. The Morgan fingerprint density at radius 2 is 1.88 bits per heavy atom. The van der Waals surface area contributed by atoms with Crippen LogP contribution in [0, 0.1) is 5.92 Å². The van der Waals surface area contributed by atoms with Gasteiger partial charge in [-0.25, -0.2) is 0 Å². The van der Waals surface area contributed by atoms with Gasteiger partial charge in [0.25, 0.3) is 0 Å². The van der Waals surface area contributed by atoms with Crippen LogP contribution in [0.1, 0.15) is 84.0 Å². The molecule has 1 rings (SSSR count). The molecule has 1 aliphatic carbocycles. The maximum Gasteiger partial charge on any atom is 0.305 e. The number of allylic oxidation sites excluding steroid dienone is 4. The van der Waals surface area contributed by atoms with Gasteiger partial charge in [-0.1, -0.05) is 56.4 Å². The maximum absolute atomic E-state index is 11.8. The smallest absolute Gasteiger partial charge is 0.305 e. The molecule has 3 heteroatoms. The van der Waals surface area contributed by atoms with Gasteiger partial charge in [-0.15, -0.1) is 0 Å². The van der Waals surface area contributed by atoms with E-state index in [1.807, 2.05) is 0 Å². The van der Waals surface area contributed by atoms with Crippen LogP contribution in [0.4, 0.5) is 0 Å². The summed E-state index contributed by atoms with van der Waals surface area (Å²) in [6.07, 6.45) is 18.9. The molecular formula is C21H34O3. The number of ketones is 1. The van der Waals surface area contributed by atoms with E-state index in [1.165, 1.54) is 38.4 Å². The second-order valence-corrected chi connectivity index (χ2v) is 6.76. The molecular weight excluding hydrogens is 300 g/mol. The Kier molecular flexibility index (Phi) is 11.2. The molecule has 0 heterocycles. The normalized spacial score (nSPS) is 19.5. The van der Waals surface area contributed by atoms with Crippen molar-refractivity contribution in [3.8, 4) is 0 Å². The lowest BCUT2D eigenvalue weighted by atomic mass is 9.99. The minimum atomic E-state index is -0.126. The molecule has 0 N–H and O–H groups in total. The van der Waals surface area contributed by atoms with Crippen LogP contribution in [0.3, 0.4) is 0 Å². The Labute approximate surface area is 147 Å². The second-order valence-electron chi connectivity index (χ2n) is 6.76. The monoisotopic (exact) mass is 334 g/mol. The highest BCUT2D eigenvalue weighted by atomic mass is 16.5. The summed E-state index contributed by atoms with van der Waals surface area (Å²) < 4.78 is 4.64. The fourth-order valence-electron chi connectivity index (χ4n) is 3.15. The molecule has 0 amide bonds. The van der Waals surface area contributed by atoms with Crippen LogP contribution in [-0.4, -0.2) is 18.9 Å². The molecule has 1 fully saturated rings. The molecule has 0 aromatic rings. The molecule has 0 aliphatic heterocycles. The highest BCUT2D eigenvalue weighted by molar-refractivity contribution is 5.85. The van der Waals surface area contributed by atoms with Crippen molar-refractivity contribution in [2.75, 3.05) is 7.11 Å². The van der Waals surface area contributed by atoms with E-state index in [0.29, 0.717) is 31.0 Å². The Hall–Kier alpha value is -1.38. The van der Waals surface area contributed by atoms with E-state index in [9.17, 15) is 9.59 Å². The van der Waals surface area contributed by atoms with Crippen molar-refractivity contribution in [2.24, 2.45) is 5.92 Å². The molecule has 1 atom stereocenters. The molecule has 1 unspecified atom stereocenters. The third-order valence-corrected chi connectivity index (χ3v) is 4.64. The summed E-state index contributed by atoms with van der Waals surface area (Å²) in [5, 5.41) is 0. The first-order valence-electron chi connectivity index (χ1n) is 9.61. The van der Waals surface area contributed by atoms with E-state index >= 15 is 0 Å². The number of ether oxygens (including phenoxy) is 1. The van der Waals surface area contributed by atoms with Crippen LogP contribution in [0.25, 0.3) is 0 Å². The van der Waals surface area contributed by atoms with Gasteiger partial charge in [0.05, 0.1) is 7.11 Å². The van der Waals surface area contributed by atoms with E-state index in [4.69, 9.17) is 0 Å². The van der Waals surface area contributed by atoms with Crippen LogP contribution in [0.15, 0.2) is 23.8 Å². The fourth-order valence-corrected chi connectivity index (χ4v) is 3.15. The fraction of sp³-hybridized carbons (Fsp3) is 0.714. The molecule has 24 heavy (non-hydrogen) atoms. The average Bonchev–Trinajstić information content (AvgIpc) is 2.93. The van der Waals surface area contributed by atoms with E-state index in [0.717, 1.165) is 32.1 Å². The van der Waals surface area contributed by atoms with Gasteiger partial charge in [-0.3, -0.25) is 9.59 Å². The van der Waals surface area contributed by atoms with Crippen LogP contribution in [-0.2, 0) is 14.3 Å². The van der Waals surface area contributed by atoms with Crippen molar-refractivity contribution in [1.82, 2.24) is 0 Å². The largest absolute Gasteiger partial charge is 0.469 e. The van der Waals surface area contributed by atoms with Gasteiger partial charge in [0, 0.05) is 25.2 Å². The number of unbranched alkanes of at least 4 members (excludes halogenated alkanes) is 7. The third kappa shape index (κ3) is 9.05. The predicted molar refractivity (Wildman–Crippen MR) is 98.8 cm³/mol. The van der Waals surface area contributed by atoms with Crippen molar-refractivity contribution >= 4 is 11.8 Å². The molecule has 136 valence electrons. The number of esters is 1. The number of methoxy groups -OCH3 is 1. The summed E-state index contributed by atoms with van der Waals surface area (Å²) in [6, 6.07) is 0. The zero-order valence-corrected chi connectivity index (χ0v) is 15.5. The van der Waals surface area contributed by atoms with Crippen LogP contribution in [0.2, 0.25) is 0 Å². The van der Waals surface area contributed by atoms with Crippen molar-refractivity contribution in [1.29, 1.82) is 0 Å². The number of carbonyl (C=O) groups is 2. The van der Waals surface area contributed by atoms with E-state index in [2.05, 4.69) is 29.9 Å². The Balaban J connectivity index is 2.26. The van der Waals surface area contributed by atoms with Gasteiger partial charge >= 0.3 is 5.97 Å². The quantitative estimate of drug-likeness (QED) is 0.267. The van der Waals surface area contributed by atoms with E-state index in [1.54, 1.807) is 0 Å². The van der Waals surface area contributed by atoms with Crippen molar-refractivity contribution < 1.29 is 14.3 Å². The number of carbonyl (C=O) groups excluding carboxylic acids is 2. The second kappa shape index (κ2) is 13.0. The topological polar surface area (TPSA) is 43.4 Å². The first-order valence-corrected chi connectivity index (χ1v) is 9.61. The van der Waals surface area contributed by atoms with Gasteiger partial charge in [0.15, 0.2) is 0 Å². The highest BCUT2D eigenvalue weighted by Crippen LogP contribution is 2.30. The molecule has 3 nitrogen and oxygen atoms in total. The summed E-state index contributed by atoms with van der Waals surface area (Å²) in [5.74, 6) is 0.574. The standard InChI is InChI=1S/C21H34O3/c1-3-4-5-6-7-10-13-18-16-20(22)17-19(18)14-11-8-9-12-15-21(23)24-2/h10,13-14,18H,3-9,11-12,15-17H2,1-2H3/b13-10+,19-14+. The summed E-state index contributed by atoms with van der Waals surface area (Å²) in [4.78, 5) is 22.8. The lowest BCUT2D eigenvalue weighted by molar-refractivity contribution is -0.140. The first-order chi connectivity index (χ1) is 11.7. The van der Waals surface area contributed by atoms with Gasteiger partial charge < -0.3 is 4.74 Å². The molecule has 0 aromatic carbocycles. The van der Waals surface area contributed by atoms with Gasteiger partial charge in [0.1, 0.15) is 5.78 Å². The minimum Gasteiger partial charge on any atom is -0.469 e. The van der Waals surface area contributed by atoms with Crippen molar-refractivity contribution in [3.05, 3.63) is 23.8 Å². The van der Waals surface area contributed by atoms with Crippen LogP contribution in [0.5, 0.6) is 0 Å². The van der Waals surface area contributed by atoms with Gasteiger partial charge in [0.2, 0.25) is 0 Å². The number of Topliss-reactive ketones (excluding diaryl/α,β-unsaturated/α-hetero) is 1. The predicted octanol–water partition coefficient (Wildman–Crippen LogP) is 5.54. The molecule has 0 radical (unpaired) electrons. The Bertz CT molecular complexity index is 434. The Morgan fingerprint density at radius 1 is 1.12 bits per heavy atom. The third-order valence-electron chi connectivity index (χ3n) is 4.64. The molecule has 0 saturated heterocycles. The van der Waals surface area contributed by atoms with Crippen LogP contribution >= 0.6 is 0 Å². The minimum absolute atomic E-state index is 0.126. The van der Waals surface area contributed by atoms with Crippen LogP contribution < -0.4 is 0 Å². The molecule has 0 bridgehead atoms. The highest BCUT2D eigenvalue weighted by Gasteiger charge is 2.24. The summed E-state index contributed by atoms with van der Waals surface area (Å²) >= 11 is 0. The lowest BCUT2D eigenvalue weighted by Crippen LogP contribution is -1.99. The molecule has 1 saturated carbocycles.